The molecule has 1 heterocycles. The van der Waals surface area contributed by atoms with Gasteiger partial charge in [0.05, 0.1) is 10.7 Å². The third kappa shape index (κ3) is 4.96. The Kier molecular flexibility index (Phi) is 5.19. The summed E-state index contributed by atoms with van der Waals surface area (Å²) in [4.78, 5) is 18.1. The van der Waals surface area contributed by atoms with E-state index in [1.54, 1.807) is 6.92 Å². The molecule has 0 aliphatic heterocycles. The van der Waals surface area contributed by atoms with Crippen molar-refractivity contribution in [3.05, 3.63) is 16.3 Å². The lowest BCUT2D eigenvalue weighted by Crippen LogP contribution is -2.26. The third-order valence-corrected chi connectivity index (χ3v) is 3.34. The molecule has 112 valence electrons. The molecule has 0 radical (unpaired) electrons. The second-order valence-electron chi connectivity index (χ2n) is 4.35. The molecule has 20 heavy (non-hydrogen) atoms. The van der Waals surface area contributed by atoms with Crippen molar-refractivity contribution in [1.82, 2.24) is 9.97 Å². The summed E-state index contributed by atoms with van der Waals surface area (Å²) in [5.74, 6) is 0.0919. The Morgan fingerprint density at radius 1 is 1.50 bits per heavy atom. The van der Waals surface area contributed by atoms with Crippen LogP contribution in [0.4, 0.5) is 17.5 Å². The summed E-state index contributed by atoms with van der Waals surface area (Å²) in [7, 11) is -3.19. The van der Waals surface area contributed by atoms with Crippen LogP contribution in [0.25, 0.3) is 0 Å². The summed E-state index contributed by atoms with van der Waals surface area (Å²) >= 11 is 0. The van der Waals surface area contributed by atoms with Crippen molar-refractivity contribution in [2.45, 2.75) is 19.9 Å². The number of hydrogen-bond donors (Lipinski definition) is 2. The maximum absolute atomic E-state index is 11.2. The van der Waals surface area contributed by atoms with E-state index >= 15 is 0 Å². The van der Waals surface area contributed by atoms with Crippen molar-refractivity contribution in [1.29, 1.82) is 0 Å². The first-order valence-corrected chi connectivity index (χ1v) is 7.98. The highest BCUT2D eigenvalue weighted by Gasteiger charge is 2.20. The van der Waals surface area contributed by atoms with Gasteiger partial charge in [0.25, 0.3) is 0 Å². The van der Waals surface area contributed by atoms with Crippen molar-refractivity contribution in [2.24, 2.45) is 0 Å². The molecule has 0 spiro atoms. The summed E-state index contributed by atoms with van der Waals surface area (Å²) in [6, 6.07) is -0.506. The summed E-state index contributed by atoms with van der Waals surface area (Å²) in [5, 5.41) is 16.5. The molecule has 0 bridgehead atoms. The molecule has 10 heteroatoms. The van der Waals surface area contributed by atoms with E-state index in [9.17, 15) is 18.5 Å². The molecule has 1 unspecified atom stereocenters. The largest absolute Gasteiger partial charge is 0.361 e. The Balaban J connectivity index is 3.00. The van der Waals surface area contributed by atoms with E-state index in [4.69, 9.17) is 0 Å². The number of rotatable bonds is 7. The Morgan fingerprint density at radius 3 is 2.65 bits per heavy atom. The molecule has 0 aliphatic carbocycles. The van der Waals surface area contributed by atoms with Crippen LogP contribution in [0.5, 0.6) is 0 Å². The van der Waals surface area contributed by atoms with E-state index in [1.807, 2.05) is 6.92 Å². The lowest BCUT2D eigenvalue weighted by molar-refractivity contribution is -0.384. The maximum Gasteiger partial charge on any atom is 0.329 e. The minimum absolute atomic E-state index is 0.00269. The number of sulfone groups is 1. The molecule has 1 rings (SSSR count). The van der Waals surface area contributed by atoms with Gasteiger partial charge in [-0.05, 0) is 13.8 Å². The van der Waals surface area contributed by atoms with Crippen molar-refractivity contribution >= 4 is 27.3 Å². The lowest BCUT2D eigenvalue weighted by Gasteiger charge is -2.14. The molecule has 1 aromatic heterocycles. The standard InChI is InChI=1S/C10H17N5O4S/c1-4-11-10-12-5-8(15(16)17)9(14-10)13-7(2)6-20(3,18)19/h5,7H,4,6H2,1-3H3,(H2,11,12,13,14). The van der Waals surface area contributed by atoms with E-state index in [0.29, 0.717) is 6.54 Å². The normalized spacial score (nSPS) is 12.8. The number of nitrogens with one attached hydrogen (secondary N) is 2. The zero-order valence-corrected chi connectivity index (χ0v) is 12.3. The van der Waals surface area contributed by atoms with E-state index in [1.165, 1.54) is 0 Å². The SMILES string of the molecule is CCNc1ncc([N+](=O)[O-])c(NC(C)CS(C)(=O)=O)n1. The molecule has 9 nitrogen and oxygen atoms in total. The zero-order valence-electron chi connectivity index (χ0n) is 11.5. The fourth-order valence-corrected chi connectivity index (χ4v) is 2.58. The third-order valence-electron chi connectivity index (χ3n) is 2.24. The van der Waals surface area contributed by atoms with Crippen LogP contribution in [0, 0.1) is 10.1 Å². The van der Waals surface area contributed by atoms with Gasteiger partial charge in [0.15, 0.2) is 0 Å². The highest BCUT2D eigenvalue weighted by molar-refractivity contribution is 7.90. The van der Waals surface area contributed by atoms with E-state index in [-0.39, 0.29) is 23.2 Å². The molecular formula is C10H17N5O4S. The van der Waals surface area contributed by atoms with Crippen LogP contribution in [0.3, 0.4) is 0 Å². The monoisotopic (exact) mass is 303 g/mol. The lowest BCUT2D eigenvalue weighted by atomic mass is 10.3. The fraction of sp³-hybridized carbons (Fsp3) is 0.600. The van der Waals surface area contributed by atoms with Crippen molar-refractivity contribution in [3.63, 3.8) is 0 Å². The van der Waals surface area contributed by atoms with Gasteiger partial charge in [-0.2, -0.15) is 4.98 Å². The van der Waals surface area contributed by atoms with Gasteiger partial charge in [-0.15, -0.1) is 0 Å². The molecule has 0 aliphatic rings. The summed E-state index contributed by atoms with van der Waals surface area (Å²) < 4.78 is 22.4. The Hall–Kier alpha value is -1.97. The van der Waals surface area contributed by atoms with Crippen LogP contribution < -0.4 is 10.6 Å². The van der Waals surface area contributed by atoms with Gasteiger partial charge in [-0.25, -0.2) is 13.4 Å². The van der Waals surface area contributed by atoms with Crippen LogP contribution in [-0.2, 0) is 9.84 Å². The second kappa shape index (κ2) is 6.46. The minimum Gasteiger partial charge on any atom is -0.361 e. The Labute approximate surface area is 116 Å². The Bertz CT molecular complexity index is 589. The van der Waals surface area contributed by atoms with Crippen molar-refractivity contribution in [3.8, 4) is 0 Å². The van der Waals surface area contributed by atoms with Crippen LogP contribution >= 0.6 is 0 Å². The van der Waals surface area contributed by atoms with E-state index < -0.39 is 20.8 Å². The molecule has 0 saturated heterocycles. The quantitative estimate of drug-likeness (QED) is 0.555. The summed E-state index contributed by atoms with van der Waals surface area (Å²) in [6.07, 6.45) is 2.18. The molecule has 2 N–H and O–H groups in total. The van der Waals surface area contributed by atoms with Crippen LogP contribution in [0.15, 0.2) is 6.20 Å². The van der Waals surface area contributed by atoms with E-state index in [0.717, 1.165) is 12.5 Å². The molecule has 0 saturated carbocycles. The highest BCUT2D eigenvalue weighted by atomic mass is 32.2. The first-order valence-electron chi connectivity index (χ1n) is 5.92. The van der Waals surface area contributed by atoms with Crippen LogP contribution in [0.1, 0.15) is 13.8 Å². The molecule has 1 atom stereocenters. The topological polar surface area (TPSA) is 127 Å². The average Bonchev–Trinajstić information content (AvgIpc) is 2.26. The van der Waals surface area contributed by atoms with Gasteiger partial charge < -0.3 is 10.6 Å². The van der Waals surface area contributed by atoms with Gasteiger partial charge in [-0.1, -0.05) is 0 Å². The molecule has 1 aromatic rings. The van der Waals surface area contributed by atoms with E-state index in [2.05, 4.69) is 20.6 Å². The van der Waals surface area contributed by atoms with Gasteiger partial charge >= 0.3 is 5.69 Å². The molecular weight excluding hydrogens is 286 g/mol. The number of nitro groups is 1. The number of aromatic nitrogens is 2. The maximum atomic E-state index is 11.2. The van der Waals surface area contributed by atoms with Crippen LogP contribution in [0.2, 0.25) is 0 Å². The fourth-order valence-electron chi connectivity index (χ4n) is 1.59. The molecule has 0 fully saturated rings. The first kappa shape index (κ1) is 16.1. The minimum atomic E-state index is -3.19. The van der Waals surface area contributed by atoms with Gasteiger partial charge in [-0.3, -0.25) is 10.1 Å². The zero-order chi connectivity index (χ0) is 15.3. The smallest absolute Gasteiger partial charge is 0.329 e. The second-order valence-corrected chi connectivity index (χ2v) is 6.54. The molecule has 0 amide bonds. The van der Waals surface area contributed by atoms with Gasteiger partial charge in [0, 0.05) is 18.8 Å². The summed E-state index contributed by atoms with van der Waals surface area (Å²) in [6.45, 7) is 4.01. The number of hydrogen-bond acceptors (Lipinski definition) is 8. The average molecular weight is 303 g/mol. The predicted octanol–water partition coefficient (Wildman–Crippen LogP) is 0.662. The predicted molar refractivity (Wildman–Crippen MR) is 75.6 cm³/mol. The first-order chi connectivity index (χ1) is 9.23. The van der Waals surface area contributed by atoms with Crippen molar-refractivity contribution < 1.29 is 13.3 Å². The Morgan fingerprint density at radius 2 is 2.15 bits per heavy atom. The number of anilines is 2. The summed E-state index contributed by atoms with van der Waals surface area (Å²) in [5.41, 5.74) is -0.299. The van der Waals surface area contributed by atoms with Crippen molar-refractivity contribution in [2.75, 3.05) is 29.2 Å². The number of nitrogens with zero attached hydrogens (tertiary/aromatic N) is 3. The molecule has 0 aromatic carbocycles. The highest BCUT2D eigenvalue weighted by Crippen LogP contribution is 2.22. The van der Waals surface area contributed by atoms with Gasteiger partial charge in [0.2, 0.25) is 11.8 Å². The van der Waals surface area contributed by atoms with Crippen LogP contribution in [-0.4, -0.2) is 47.9 Å². The van der Waals surface area contributed by atoms with Gasteiger partial charge in [0.1, 0.15) is 16.0 Å².